The lowest BCUT2D eigenvalue weighted by molar-refractivity contribution is 0.407. The van der Waals surface area contributed by atoms with Crippen LogP contribution in [-0.2, 0) is 7.05 Å². The molecule has 0 atom stereocenters. The Morgan fingerprint density at radius 3 is 2.39 bits per heavy atom. The van der Waals surface area contributed by atoms with Crippen LogP contribution in [0.5, 0.6) is 5.75 Å². The highest BCUT2D eigenvalue weighted by Gasteiger charge is 2.26. The minimum Gasteiger partial charge on any atom is -0.497 e. The van der Waals surface area contributed by atoms with Crippen molar-refractivity contribution in [3.63, 3.8) is 0 Å². The van der Waals surface area contributed by atoms with Gasteiger partial charge in [-0.15, -0.1) is 0 Å². The Labute approximate surface area is 156 Å². The van der Waals surface area contributed by atoms with Crippen LogP contribution in [0, 0.1) is 24.4 Å². The summed E-state index contributed by atoms with van der Waals surface area (Å²) in [6.45, 7) is 1.58. The van der Waals surface area contributed by atoms with Crippen molar-refractivity contribution in [1.29, 1.82) is 0 Å². The number of halogens is 3. The number of rotatable bonds is 3. The van der Waals surface area contributed by atoms with Crippen LogP contribution in [0.15, 0.2) is 35.1 Å². The van der Waals surface area contributed by atoms with E-state index in [-0.39, 0.29) is 28.2 Å². The Kier molecular flexibility index (Phi) is 4.02. The zero-order chi connectivity index (χ0) is 20.2. The molecule has 0 bridgehead atoms. The van der Waals surface area contributed by atoms with Crippen molar-refractivity contribution in [1.82, 2.24) is 19.3 Å². The maximum Gasteiger partial charge on any atom is 0.332 e. The number of aromatic nitrogens is 4. The minimum atomic E-state index is -0.854. The molecule has 2 heterocycles. The fourth-order valence-corrected chi connectivity index (χ4v) is 3.40. The molecule has 144 valence electrons. The molecule has 4 aromatic rings. The molecule has 0 saturated carbocycles. The first-order valence-electron chi connectivity index (χ1n) is 8.29. The summed E-state index contributed by atoms with van der Waals surface area (Å²) in [7, 11) is 2.86. The molecule has 2 aromatic carbocycles. The molecule has 0 unspecified atom stereocenters. The number of fused-ring (bicyclic) bond motifs is 1. The van der Waals surface area contributed by atoms with Crippen molar-refractivity contribution in [2.24, 2.45) is 7.05 Å². The van der Waals surface area contributed by atoms with Crippen molar-refractivity contribution < 1.29 is 17.9 Å². The second-order valence-electron chi connectivity index (χ2n) is 6.30. The maximum atomic E-state index is 14.8. The molecule has 0 amide bonds. The van der Waals surface area contributed by atoms with Gasteiger partial charge in [-0.05, 0) is 25.1 Å². The van der Waals surface area contributed by atoms with Gasteiger partial charge < -0.3 is 9.72 Å². The number of H-pyrrole nitrogens is 1. The van der Waals surface area contributed by atoms with Gasteiger partial charge in [0.25, 0.3) is 0 Å². The van der Waals surface area contributed by atoms with Gasteiger partial charge in [0.1, 0.15) is 29.0 Å². The predicted octanol–water partition coefficient (Wildman–Crippen LogP) is 3.45. The van der Waals surface area contributed by atoms with Gasteiger partial charge in [-0.2, -0.15) is 5.10 Å². The van der Waals surface area contributed by atoms with E-state index in [2.05, 4.69) is 10.1 Å². The van der Waals surface area contributed by atoms with E-state index in [4.69, 9.17) is 4.74 Å². The van der Waals surface area contributed by atoms with Gasteiger partial charge in [-0.3, -0.25) is 4.68 Å². The van der Waals surface area contributed by atoms with Crippen LogP contribution in [-0.4, -0.2) is 26.4 Å². The van der Waals surface area contributed by atoms with E-state index in [0.717, 1.165) is 12.1 Å². The number of aromatic amines is 1. The van der Waals surface area contributed by atoms with Crippen molar-refractivity contribution in [2.75, 3.05) is 7.11 Å². The number of hydrogen-bond acceptors (Lipinski definition) is 3. The molecule has 0 spiro atoms. The average molecular weight is 388 g/mol. The Balaban J connectivity index is 2.09. The highest BCUT2D eigenvalue weighted by atomic mass is 19.1. The summed E-state index contributed by atoms with van der Waals surface area (Å²) in [5.74, 6) is -2.04. The molecule has 0 aliphatic carbocycles. The van der Waals surface area contributed by atoms with Crippen LogP contribution in [0.2, 0.25) is 0 Å². The van der Waals surface area contributed by atoms with Crippen LogP contribution in [0.25, 0.3) is 28.0 Å². The van der Waals surface area contributed by atoms with Crippen LogP contribution < -0.4 is 10.4 Å². The molecular weight excluding hydrogens is 373 g/mol. The second-order valence-corrected chi connectivity index (χ2v) is 6.30. The lowest BCUT2D eigenvalue weighted by atomic mass is 10.0. The molecule has 0 radical (unpaired) electrons. The number of ether oxygens (including phenoxy) is 1. The Morgan fingerprint density at radius 1 is 1.07 bits per heavy atom. The van der Waals surface area contributed by atoms with E-state index < -0.39 is 23.1 Å². The number of nitrogens with one attached hydrogen (secondary N) is 1. The summed E-state index contributed by atoms with van der Waals surface area (Å²) in [5.41, 5.74) is 0.135. The molecule has 0 fully saturated rings. The fourth-order valence-electron chi connectivity index (χ4n) is 3.40. The number of nitrogens with zero attached hydrogens (tertiary/aromatic N) is 3. The monoisotopic (exact) mass is 388 g/mol. The van der Waals surface area contributed by atoms with Crippen molar-refractivity contribution in [3.05, 3.63) is 64.0 Å². The lowest BCUT2D eigenvalue weighted by Gasteiger charge is -2.11. The summed E-state index contributed by atoms with van der Waals surface area (Å²) < 4.78 is 50.5. The van der Waals surface area contributed by atoms with Gasteiger partial charge in [0.05, 0.1) is 35.0 Å². The highest BCUT2D eigenvalue weighted by molar-refractivity contribution is 5.82. The zero-order valence-electron chi connectivity index (χ0n) is 15.2. The normalized spacial score (nSPS) is 11.4. The molecule has 9 heteroatoms. The van der Waals surface area contributed by atoms with Gasteiger partial charge in [-0.25, -0.2) is 22.5 Å². The molecule has 0 saturated heterocycles. The number of hydrogen-bond donors (Lipinski definition) is 1. The van der Waals surface area contributed by atoms with E-state index in [0.29, 0.717) is 11.2 Å². The molecule has 1 N–H and O–H groups in total. The third-order valence-corrected chi connectivity index (χ3v) is 4.55. The van der Waals surface area contributed by atoms with E-state index in [9.17, 15) is 18.0 Å². The second kappa shape index (κ2) is 6.29. The molecule has 28 heavy (non-hydrogen) atoms. The topological polar surface area (TPSA) is 64.8 Å². The number of benzene rings is 2. The van der Waals surface area contributed by atoms with E-state index in [1.54, 1.807) is 14.0 Å². The van der Waals surface area contributed by atoms with Gasteiger partial charge in [0.2, 0.25) is 0 Å². The average Bonchev–Trinajstić information content (AvgIpc) is 3.08. The van der Waals surface area contributed by atoms with Crippen molar-refractivity contribution in [2.45, 2.75) is 6.92 Å². The molecule has 2 aromatic heterocycles. The third kappa shape index (κ3) is 2.58. The van der Waals surface area contributed by atoms with Crippen molar-refractivity contribution in [3.8, 4) is 22.7 Å². The minimum absolute atomic E-state index is 0.0292. The first-order chi connectivity index (χ1) is 13.3. The quantitative estimate of drug-likeness (QED) is 0.585. The van der Waals surface area contributed by atoms with Crippen LogP contribution >= 0.6 is 0 Å². The van der Waals surface area contributed by atoms with Gasteiger partial charge >= 0.3 is 5.69 Å². The first kappa shape index (κ1) is 17.9. The molecular formula is C19H15F3N4O2. The standard InChI is InChI=1S/C19H15F3N4O2/c1-9-16(17-12(21)7-11(28-3)8-13(17)22)18(25(2)24-9)26-15-5-4-10(20)6-14(15)23-19(26)27/h4-8H,1-3H3,(H,23,27). The summed E-state index contributed by atoms with van der Waals surface area (Å²) in [4.78, 5) is 15.1. The van der Waals surface area contributed by atoms with Crippen LogP contribution in [0.1, 0.15) is 5.69 Å². The Hall–Kier alpha value is -3.49. The number of methoxy groups -OCH3 is 1. The van der Waals surface area contributed by atoms with Gasteiger partial charge in [-0.1, -0.05) is 0 Å². The third-order valence-electron chi connectivity index (χ3n) is 4.55. The molecule has 6 nitrogen and oxygen atoms in total. The summed E-state index contributed by atoms with van der Waals surface area (Å²) in [6.07, 6.45) is 0. The fraction of sp³-hybridized carbons (Fsp3) is 0.158. The Bertz CT molecular complexity index is 1260. The van der Waals surface area contributed by atoms with Crippen molar-refractivity contribution >= 4 is 11.0 Å². The van der Waals surface area contributed by atoms with E-state index >= 15 is 0 Å². The summed E-state index contributed by atoms with van der Waals surface area (Å²) in [5, 5.41) is 4.24. The molecule has 0 aliphatic heterocycles. The Morgan fingerprint density at radius 2 is 1.75 bits per heavy atom. The van der Waals surface area contributed by atoms with E-state index in [1.165, 1.54) is 34.6 Å². The zero-order valence-corrected chi connectivity index (χ0v) is 15.2. The highest BCUT2D eigenvalue weighted by Crippen LogP contribution is 2.36. The van der Waals surface area contributed by atoms with Crippen LogP contribution in [0.3, 0.4) is 0 Å². The SMILES string of the molecule is COc1cc(F)c(-c2c(C)nn(C)c2-n2c(=O)[nH]c3cc(F)ccc32)c(F)c1. The summed E-state index contributed by atoms with van der Waals surface area (Å²) >= 11 is 0. The maximum absolute atomic E-state index is 14.8. The molecule has 0 aliphatic rings. The van der Waals surface area contributed by atoms with Gasteiger partial charge in [0, 0.05) is 19.2 Å². The first-order valence-corrected chi connectivity index (χ1v) is 8.29. The largest absolute Gasteiger partial charge is 0.497 e. The number of imidazole rings is 1. The number of aryl methyl sites for hydroxylation is 2. The smallest absolute Gasteiger partial charge is 0.332 e. The van der Waals surface area contributed by atoms with Crippen LogP contribution in [0.4, 0.5) is 13.2 Å². The van der Waals surface area contributed by atoms with Gasteiger partial charge in [0.15, 0.2) is 0 Å². The summed E-state index contributed by atoms with van der Waals surface area (Å²) in [6, 6.07) is 5.90. The molecule has 4 rings (SSSR count). The lowest BCUT2D eigenvalue weighted by Crippen LogP contribution is -2.18. The van der Waals surface area contributed by atoms with E-state index in [1.807, 2.05) is 0 Å². The predicted molar refractivity (Wildman–Crippen MR) is 97.3 cm³/mol.